The molecule has 2 heterocycles. The van der Waals surface area contributed by atoms with Crippen LogP contribution in [0.2, 0.25) is 0 Å². The molecule has 144 valence electrons. The summed E-state index contributed by atoms with van der Waals surface area (Å²) in [7, 11) is 3.18. The fourth-order valence-corrected chi connectivity index (χ4v) is 4.21. The van der Waals surface area contributed by atoms with E-state index in [4.69, 9.17) is 4.74 Å². The third-order valence-corrected chi connectivity index (χ3v) is 5.58. The molecule has 2 aromatic carbocycles. The normalized spacial score (nSPS) is 16.8. The zero-order valence-electron chi connectivity index (χ0n) is 15.8. The maximum Gasteiger partial charge on any atom is 0.415 e. The Morgan fingerprint density at radius 1 is 1.10 bits per heavy atom. The topological polar surface area (TPSA) is 98.3 Å². The molecule has 1 aliphatic carbocycles. The molecule has 7 heteroatoms. The average Bonchev–Trinajstić information content (AvgIpc) is 3.03. The van der Waals surface area contributed by atoms with E-state index < -0.39 is 17.2 Å². The molecule has 1 unspecified atom stereocenters. The number of rotatable bonds is 2. The lowest BCUT2D eigenvalue weighted by Crippen LogP contribution is -2.72. The summed E-state index contributed by atoms with van der Waals surface area (Å²) in [5, 5.41) is 11.1. The number of methoxy groups -OCH3 is 1. The van der Waals surface area contributed by atoms with Gasteiger partial charge in [0.05, 0.1) is 25.6 Å². The highest BCUT2D eigenvalue weighted by Gasteiger charge is 2.43. The number of aromatic nitrogens is 2. The Hall–Kier alpha value is -3.87. The number of fused-ring (bicyclic) bond motifs is 4. The molecule has 0 saturated heterocycles. The van der Waals surface area contributed by atoms with Crippen LogP contribution in [0.5, 0.6) is 5.75 Å². The first kappa shape index (κ1) is 17.2. The summed E-state index contributed by atoms with van der Waals surface area (Å²) < 4.78 is 6.75. The number of hydrogen-bond donors (Lipinski definition) is 3. The highest BCUT2D eigenvalue weighted by molar-refractivity contribution is 6.21. The number of aromatic amines is 1. The van der Waals surface area contributed by atoms with Crippen molar-refractivity contribution < 1.29 is 14.8 Å². The molecule has 7 nitrogen and oxygen atoms in total. The van der Waals surface area contributed by atoms with Crippen molar-refractivity contribution in [3.8, 4) is 5.75 Å². The first-order chi connectivity index (χ1) is 14.0. The molecule has 5 rings (SSSR count). The maximum absolute atomic E-state index is 12.9. The van der Waals surface area contributed by atoms with E-state index >= 15 is 0 Å². The zero-order chi connectivity index (χ0) is 20.3. The van der Waals surface area contributed by atoms with Gasteiger partial charge >= 0.3 is 5.69 Å². The van der Waals surface area contributed by atoms with Gasteiger partial charge in [-0.25, -0.2) is 9.79 Å². The summed E-state index contributed by atoms with van der Waals surface area (Å²) in [5.74, 6) is 0.602. The predicted molar refractivity (Wildman–Crippen MR) is 108 cm³/mol. The minimum Gasteiger partial charge on any atom is -0.507 e. The van der Waals surface area contributed by atoms with Crippen LogP contribution < -0.4 is 21.0 Å². The smallest absolute Gasteiger partial charge is 0.415 e. The first-order valence-corrected chi connectivity index (χ1v) is 9.15. The number of ether oxygens (including phenoxy) is 1. The van der Waals surface area contributed by atoms with E-state index in [0.717, 1.165) is 11.1 Å². The molecule has 0 bridgehead atoms. The van der Waals surface area contributed by atoms with Crippen molar-refractivity contribution in [1.29, 1.82) is 0 Å². The number of nitrogens with zero attached hydrogens (tertiary/aromatic N) is 1. The monoisotopic (exact) mass is 388 g/mol. The zero-order valence-corrected chi connectivity index (χ0v) is 15.8. The van der Waals surface area contributed by atoms with Gasteiger partial charge in [0.1, 0.15) is 22.8 Å². The predicted octanol–water partition coefficient (Wildman–Crippen LogP) is 0.712. The molecular formula is C22H18N3O4+. The maximum atomic E-state index is 12.9. The van der Waals surface area contributed by atoms with E-state index in [9.17, 15) is 14.7 Å². The molecule has 29 heavy (non-hydrogen) atoms. The molecule has 3 N–H and O–H groups in total. The van der Waals surface area contributed by atoms with Gasteiger partial charge in [-0.15, -0.1) is 0 Å². The Kier molecular flexibility index (Phi) is 3.61. The summed E-state index contributed by atoms with van der Waals surface area (Å²) in [6.45, 7) is 0. The van der Waals surface area contributed by atoms with Crippen LogP contribution in [-0.2, 0) is 7.05 Å². The second-order valence-corrected chi connectivity index (χ2v) is 7.10. The number of hydrogen-bond acceptors (Lipinski definition) is 4. The summed E-state index contributed by atoms with van der Waals surface area (Å²) >= 11 is 0. The van der Waals surface area contributed by atoms with E-state index in [2.05, 4.69) is 9.98 Å². The van der Waals surface area contributed by atoms with Crippen molar-refractivity contribution >= 4 is 17.3 Å². The standard InChI is InChI=1S/C22H17N3O4/c1-25-20-17(21(27)24-22(25)28)15(11-6-5-7-12(10-11)29-2)16-18(23-20)13-8-3-4-9-14(13)19(16)26/h3-10,15,26H,1-2H3,(H,24,27,28)/p+1. The van der Waals surface area contributed by atoms with Gasteiger partial charge in [-0.2, -0.15) is 4.57 Å². The average molecular weight is 388 g/mol. The summed E-state index contributed by atoms with van der Waals surface area (Å²) in [4.78, 5) is 30.7. The minimum absolute atomic E-state index is 0.120. The fraction of sp³-hybridized carbons (Fsp3) is 0.136. The van der Waals surface area contributed by atoms with Gasteiger partial charge in [-0.1, -0.05) is 30.3 Å². The molecule has 1 aromatic heterocycles. The van der Waals surface area contributed by atoms with E-state index in [1.807, 2.05) is 48.5 Å². The second-order valence-electron chi connectivity index (χ2n) is 7.10. The van der Waals surface area contributed by atoms with Crippen LogP contribution in [0.1, 0.15) is 28.2 Å². The van der Waals surface area contributed by atoms with Crippen LogP contribution >= 0.6 is 0 Å². The Balaban J connectivity index is 1.91. The van der Waals surface area contributed by atoms with Crippen LogP contribution in [0.25, 0.3) is 5.76 Å². The lowest BCUT2D eigenvalue weighted by Gasteiger charge is -2.23. The molecule has 0 saturated carbocycles. The number of benzene rings is 2. The molecule has 1 atom stereocenters. The van der Waals surface area contributed by atoms with E-state index in [-0.39, 0.29) is 5.76 Å². The molecule has 1 aliphatic heterocycles. The van der Waals surface area contributed by atoms with Gasteiger partial charge in [0.2, 0.25) is 0 Å². The van der Waals surface area contributed by atoms with Crippen LogP contribution in [0.4, 0.5) is 5.82 Å². The lowest BCUT2D eigenvalue weighted by molar-refractivity contribution is -0.364. The van der Waals surface area contributed by atoms with Crippen molar-refractivity contribution in [1.82, 2.24) is 9.55 Å². The Bertz CT molecular complexity index is 1360. The van der Waals surface area contributed by atoms with Crippen LogP contribution in [-0.4, -0.2) is 27.5 Å². The van der Waals surface area contributed by atoms with E-state index in [1.165, 1.54) is 4.57 Å². The van der Waals surface area contributed by atoms with Gasteiger partial charge < -0.3 is 9.84 Å². The summed E-state index contributed by atoms with van der Waals surface area (Å²) in [5.41, 5.74) is 2.97. The van der Waals surface area contributed by atoms with E-state index in [0.29, 0.717) is 34.0 Å². The Morgan fingerprint density at radius 3 is 2.62 bits per heavy atom. The highest BCUT2D eigenvalue weighted by Crippen LogP contribution is 2.43. The third-order valence-electron chi connectivity index (χ3n) is 5.58. The molecule has 0 spiro atoms. The van der Waals surface area contributed by atoms with Crippen molar-refractivity contribution in [2.45, 2.75) is 5.92 Å². The highest BCUT2D eigenvalue weighted by atomic mass is 16.5. The number of aliphatic hydroxyl groups excluding tert-OH is 1. The molecular weight excluding hydrogens is 370 g/mol. The van der Waals surface area contributed by atoms with Crippen molar-refractivity contribution in [2.75, 3.05) is 7.11 Å². The summed E-state index contributed by atoms with van der Waals surface area (Å²) in [6, 6.07) is 14.9. The van der Waals surface area contributed by atoms with Gasteiger partial charge in [-0.3, -0.25) is 9.78 Å². The van der Waals surface area contributed by atoms with Gasteiger partial charge in [-0.05, 0) is 23.8 Å². The molecule has 0 radical (unpaired) electrons. The molecule has 0 amide bonds. The summed E-state index contributed by atoms with van der Waals surface area (Å²) in [6.07, 6.45) is 0. The number of allylic oxidation sites excluding steroid dienone is 1. The van der Waals surface area contributed by atoms with Crippen LogP contribution in [0, 0.1) is 0 Å². The Labute approximate surface area is 165 Å². The van der Waals surface area contributed by atoms with Gasteiger partial charge in [0.15, 0.2) is 0 Å². The second kappa shape index (κ2) is 6.07. The van der Waals surface area contributed by atoms with Gasteiger partial charge in [0.25, 0.3) is 11.4 Å². The van der Waals surface area contributed by atoms with Crippen LogP contribution in [0.15, 0.2) is 63.7 Å². The van der Waals surface area contributed by atoms with Gasteiger partial charge in [0, 0.05) is 11.1 Å². The van der Waals surface area contributed by atoms with Crippen molar-refractivity contribution in [3.05, 3.63) is 97.2 Å². The number of H-pyrrole nitrogens is 1. The molecule has 0 fully saturated rings. The Morgan fingerprint density at radius 2 is 1.86 bits per heavy atom. The molecule has 3 aromatic rings. The minimum atomic E-state index is -0.570. The first-order valence-electron chi connectivity index (χ1n) is 9.15. The van der Waals surface area contributed by atoms with Crippen molar-refractivity contribution in [3.63, 3.8) is 0 Å². The largest absolute Gasteiger partial charge is 0.507 e. The quantitative estimate of drug-likeness (QED) is 0.602. The van der Waals surface area contributed by atoms with Crippen molar-refractivity contribution in [2.24, 2.45) is 7.05 Å². The SMILES string of the molecule is COc1cccc(C2C3=C(O)c4ccccc4C3=[NH+]c3c2c(=O)[nH]c(=O)n3C)c1. The lowest BCUT2D eigenvalue weighted by atomic mass is 9.81. The van der Waals surface area contributed by atoms with E-state index in [1.54, 1.807) is 14.2 Å². The fourth-order valence-electron chi connectivity index (χ4n) is 4.21. The number of aliphatic hydroxyl groups is 1. The number of nitrogens with one attached hydrogen (secondary N) is 2. The van der Waals surface area contributed by atoms with Crippen LogP contribution in [0.3, 0.4) is 0 Å². The molecule has 2 aliphatic rings. The third kappa shape index (κ3) is 2.34.